The second-order valence-electron chi connectivity index (χ2n) is 12.0. The summed E-state index contributed by atoms with van der Waals surface area (Å²) in [4.78, 5) is 57.4. The van der Waals surface area contributed by atoms with Crippen LogP contribution in [0.1, 0.15) is 65.2 Å². The summed E-state index contributed by atoms with van der Waals surface area (Å²) >= 11 is 0. The molecule has 0 spiro atoms. The van der Waals surface area contributed by atoms with E-state index in [1.807, 2.05) is 13.0 Å². The van der Waals surface area contributed by atoms with Crippen LogP contribution in [-0.4, -0.2) is 65.0 Å². The van der Waals surface area contributed by atoms with Crippen molar-refractivity contribution in [3.63, 3.8) is 0 Å². The third-order valence-corrected chi connectivity index (χ3v) is 9.78. The molecule has 0 aliphatic rings. The van der Waals surface area contributed by atoms with Crippen molar-refractivity contribution in [2.45, 2.75) is 70.4 Å². The lowest BCUT2D eigenvalue weighted by Crippen LogP contribution is -2.49. The van der Waals surface area contributed by atoms with Gasteiger partial charge in [-0.2, -0.15) is 4.72 Å². The van der Waals surface area contributed by atoms with Gasteiger partial charge in [0.25, 0.3) is 5.91 Å². The number of nitrogens with one attached hydrogen (secondary N) is 5. The van der Waals surface area contributed by atoms with Crippen LogP contribution < -0.4 is 26.1 Å². The molecule has 49 heavy (non-hydrogen) atoms. The van der Waals surface area contributed by atoms with E-state index >= 15 is 0 Å². The fraction of sp³-hybridized carbons (Fsp3) is 0.382. The van der Waals surface area contributed by atoms with E-state index in [1.54, 1.807) is 62.1 Å². The van der Waals surface area contributed by atoms with E-state index < -0.39 is 39.9 Å². The maximum Gasteiger partial charge on any atom is 0.323 e. The number of carbonyl (C=O) groups is 3. The molecule has 0 aliphatic heterocycles. The second-order valence-corrected chi connectivity index (χ2v) is 13.6. The van der Waals surface area contributed by atoms with Crippen LogP contribution in [0.3, 0.4) is 0 Å². The molecular formula is C34H43N7O7S. The average molecular weight is 694 g/mol. The molecule has 0 bridgehead atoms. The van der Waals surface area contributed by atoms with E-state index in [0.717, 1.165) is 24.0 Å². The van der Waals surface area contributed by atoms with Crippen LogP contribution >= 0.6 is 0 Å². The Balaban J connectivity index is 1.41. The summed E-state index contributed by atoms with van der Waals surface area (Å²) in [6, 6.07) is 6.96. The van der Waals surface area contributed by atoms with Crippen LogP contribution in [-0.2, 0) is 39.6 Å². The van der Waals surface area contributed by atoms with Crippen molar-refractivity contribution in [3.8, 4) is 0 Å². The molecule has 0 saturated heterocycles. The Hall–Kier alpha value is -5.02. The number of anilines is 1. The molecule has 262 valence electrons. The minimum Gasteiger partial charge on any atom is -0.480 e. The number of aryl methyl sites for hydroxylation is 4. The molecule has 1 atom stereocenters. The number of benzene rings is 2. The number of aromatic amines is 1. The number of rotatable bonds is 17. The highest BCUT2D eigenvalue weighted by Crippen LogP contribution is 2.23. The number of carbonyl (C=O) groups excluding carboxylic acids is 2. The lowest BCUT2D eigenvalue weighted by molar-refractivity contribution is -0.138. The van der Waals surface area contributed by atoms with Gasteiger partial charge in [-0.25, -0.2) is 13.4 Å². The summed E-state index contributed by atoms with van der Waals surface area (Å²) in [7, 11) is -2.64. The Morgan fingerprint density at radius 1 is 1.04 bits per heavy atom. The number of H-pyrrole nitrogens is 1. The number of amides is 2. The molecule has 0 radical (unpaired) electrons. The van der Waals surface area contributed by atoms with Crippen molar-refractivity contribution in [2.75, 3.05) is 18.4 Å². The van der Waals surface area contributed by atoms with Crippen molar-refractivity contribution in [1.82, 2.24) is 29.9 Å². The summed E-state index contributed by atoms with van der Waals surface area (Å²) < 4.78 is 30.7. The van der Waals surface area contributed by atoms with E-state index in [-0.39, 0.29) is 16.4 Å². The normalized spacial score (nSPS) is 12.1. The molecule has 0 fully saturated rings. The lowest BCUT2D eigenvalue weighted by atomic mass is 10.0. The average Bonchev–Trinajstić information content (AvgIpc) is 3.58. The Labute approximate surface area is 284 Å². The summed E-state index contributed by atoms with van der Waals surface area (Å²) in [6.07, 6.45) is 8.05. The third kappa shape index (κ3) is 9.54. The van der Waals surface area contributed by atoms with Gasteiger partial charge in [-0.1, -0.05) is 25.1 Å². The van der Waals surface area contributed by atoms with E-state index in [0.29, 0.717) is 60.3 Å². The number of hydrogen-bond acceptors (Lipinski definition) is 8. The topological polar surface area (TPSA) is 204 Å². The number of carboxylic acids is 1. The second kappa shape index (κ2) is 16.4. The molecule has 0 aliphatic carbocycles. The quantitative estimate of drug-likeness (QED) is 0.0899. The number of fused-ring (bicyclic) bond motifs is 1. The number of carboxylic acid groups (broad SMARTS) is 1. The van der Waals surface area contributed by atoms with Gasteiger partial charge in [0.2, 0.25) is 21.4 Å². The molecule has 2 aromatic carbocycles. The number of aromatic nitrogens is 3. The molecule has 4 rings (SSSR count). The lowest BCUT2D eigenvalue weighted by Gasteiger charge is -2.19. The van der Waals surface area contributed by atoms with Gasteiger partial charge in [-0.3, -0.25) is 19.2 Å². The summed E-state index contributed by atoms with van der Waals surface area (Å²) in [6.45, 7) is 5.74. The minimum absolute atomic E-state index is 0.00955. The van der Waals surface area contributed by atoms with Gasteiger partial charge in [0, 0.05) is 57.1 Å². The number of hydrogen-bond donors (Lipinski definition) is 6. The molecule has 14 nitrogen and oxygen atoms in total. The van der Waals surface area contributed by atoms with Crippen LogP contribution in [0.4, 0.5) is 5.95 Å². The first-order chi connectivity index (χ1) is 23.3. The fourth-order valence-corrected chi connectivity index (χ4v) is 7.28. The molecule has 0 saturated carbocycles. The smallest absolute Gasteiger partial charge is 0.323 e. The monoisotopic (exact) mass is 693 g/mol. The summed E-state index contributed by atoms with van der Waals surface area (Å²) in [5, 5.41) is 18.5. The van der Waals surface area contributed by atoms with E-state index in [4.69, 9.17) is 0 Å². The maximum absolute atomic E-state index is 13.4. The number of nitrogens with zero attached hydrogens (tertiary/aromatic N) is 2. The highest BCUT2D eigenvalue weighted by atomic mass is 32.2. The number of unbranched alkanes of at least 4 members (excludes halogenated alkanes) is 1. The number of imidazole rings is 1. The van der Waals surface area contributed by atoms with Gasteiger partial charge >= 0.3 is 5.97 Å². The zero-order chi connectivity index (χ0) is 35.7. The van der Waals surface area contributed by atoms with E-state index in [1.165, 1.54) is 6.20 Å². The maximum atomic E-state index is 13.4. The van der Waals surface area contributed by atoms with Gasteiger partial charge in [-0.15, -0.1) is 0 Å². The van der Waals surface area contributed by atoms with Crippen molar-refractivity contribution < 1.29 is 27.9 Å². The van der Waals surface area contributed by atoms with E-state index in [2.05, 4.69) is 30.6 Å². The highest BCUT2D eigenvalue weighted by Gasteiger charge is 2.29. The number of sulfonamides is 1. The van der Waals surface area contributed by atoms with Crippen LogP contribution in [0.5, 0.6) is 0 Å². The van der Waals surface area contributed by atoms with Gasteiger partial charge in [0.15, 0.2) is 5.95 Å². The zero-order valence-electron chi connectivity index (χ0n) is 28.1. The Morgan fingerprint density at radius 2 is 1.78 bits per heavy atom. The molecule has 2 heterocycles. The van der Waals surface area contributed by atoms with Crippen molar-refractivity contribution in [1.29, 1.82) is 0 Å². The predicted molar refractivity (Wildman–Crippen MR) is 186 cm³/mol. The van der Waals surface area contributed by atoms with Crippen molar-refractivity contribution in [2.24, 2.45) is 7.05 Å². The van der Waals surface area contributed by atoms with Crippen molar-refractivity contribution >= 4 is 44.7 Å². The Kier molecular flexibility index (Phi) is 12.3. The first-order valence-electron chi connectivity index (χ1n) is 16.1. The third-order valence-electron chi connectivity index (χ3n) is 8.00. The van der Waals surface area contributed by atoms with E-state index in [9.17, 15) is 32.7 Å². The van der Waals surface area contributed by atoms with Crippen LogP contribution in [0.15, 0.2) is 58.6 Å². The van der Waals surface area contributed by atoms with Crippen LogP contribution in [0.2, 0.25) is 0 Å². The molecule has 4 aromatic rings. The number of aliphatic carboxylic acids is 1. The Bertz CT molecular complexity index is 1970. The number of pyridine rings is 1. The molecule has 6 N–H and O–H groups in total. The van der Waals surface area contributed by atoms with Crippen molar-refractivity contribution in [3.05, 3.63) is 87.0 Å². The molecule has 2 amide bonds. The Morgan fingerprint density at radius 3 is 2.43 bits per heavy atom. The van der Waals surface area contributed by atoms with Crippen LogP contribution in [0.25, 0.3) is 10.9 Å². The first-order valence-corrected chi connectivity index (χ1v) is 17.5. The largest absolute Gasteiger partial charge is 0.480 e. The standard InChI is InChI=1S/C34H43N7O7S/c1-5-12-35-29(42)9-7-6-8-23-15-21(2)31(22(3)16-23)49(47,48)40-27(33(45)46)19-38-32(44)26-20-41(4)28-17-24(10-11-25(28)30(26)43)18-39-34-36-13-14-37-34/h10-11,13-17,20,27,40H,5-9,12,18-19H2,1-4H3,(H,35,42)(H,38,44)(H,45,46)(H2,36,37,39). The van der Waals surface area contributed by atoms with Gasteiger partial charge in [0.05, 0.1) is 10.4 Å². The van der Waals surface area contributed by atoms with Crippen LogP contribution in [0, 0.1) is 13.8 Å². The first kappa shape index (κ1) is 36.8. The fourth-order valence-electron chi connectivity index (χ4n) is 5.64. The highest BCUT2D eigenvalue weighted by molar-refractivity contribution is 7.89. The minimum atomic E-state index is -4.32. The summed E-state index contributed by atoms with van der Waals surface area (Å²) in [5.41, 5.74) is 2.48. The van der Waals surface area contributed by atoms with Gasteiger partial charge < -0.3 is 30.6 Å². The molecular weight excluding hydrogens is 650 g/mol. The molecule has 1 unspecified atom stereocenters. The van der Waals surface area contributed by atoms with Gasteiger partial charge in [-0.05, 0) is 73.9 Å². The predicted octanol–water partition coefficient (Wildman–Crippen LogP) is 2.89. The SMILES string of the molecule is CCCNC(=O)CCCCc1cc(C)c(S(=O)(=O)NC(CNC(=O)c2cn(C)c3cc(CNc4ncc[nH]4)ccc3c2=O)C(=O)O)c(C)c1. The zero-order valence-corrected chi connectivity index (χ0v) is 28.9. The summed E-state index contributed by atoms with van der Waals surface area (Å²) in [5.74, 6) is -1.73. The molecule has 2 aromatic heterocycles. The van der Waals surface area contributed by atoms with Gasteiger partial charge in [0.1, 0.15) is 11.6 Å². The molecule has 15 heteroatoms.